The third-order valence-electron chi connectivity index (χ3n) is 3.73. The number of ether oxygens (including phenoxy) is 2. The third-order valence-corrected chi connectivity index (χ3v) is 4.06. The minimum absolute atomic E-state index is 0.241. The van der Waals surface area contributed by atoms with Crippen molar-refractivity contribution in [2.45, 2.75) is 6.61 Å². The minimum Gasteiger partial charge on any atom is -0.497 e. The second-order valence-corrected chi connectivity index (χ2v) is 5.45. The van der Waals surface area contributed by atoms with Crippen molar-refractivity contribution in [1.29, 1.82) is 0 Å². The molecule has 6 heteroatoms. The number of nitrogens with zero attached hydrogens (tertiary/aromatic N) is 1. The first-order valence-corrected chi connectivity index (χ1v) is 7.64. The van der Waals surface area contributed by atoms with Crippen LogP contribution >= 0.6 is 11.6 Å². The molecule has 3 rings (SSSR count). The predicted molar refractivity (Wildman–Crippen MR) is 91.4 cm³/mol. The van der Waals surface area contributed by atoms with Crippen LogP contribution in [-0.2, 0) is 6.61 Å². The quantitative estimate of drug-likeness (QED) is 0.751. The van der Waals surface area contributed by atoms with Crippen LogP contribution in [0, 0.1) is 0 Å². The Labute approximate surface area is 144 Å². The van der Waals surface area contributed by atoms with Crippen molar-refractivity contribution in [1.82, 2.24) is 5.16 Å². The van der Waals surface area contributed by atoms with E-state index in [0.29, 0.717) is 44.7 Å². The van der Waals surface area contributed by atoms with Crippen LogP contribution in [0.3, 0.4) is 0 Å². The topological polar surface area (TPSA) is 64.7 Å². The van der Waals surface area contributed by atoms with Crippen molar-refractivity contribution in [3.8, 4) is 34.1 Å². The number of rotatable bonds is 5. The molecule has 2 aromatic carbocycles. The molecule has 5 nitrogen and oxygen atoms in total. The highest BCUT2D eigenvalue weighted by atomic mass is 35.5. The van der Waals surface area contributed by atoms with E-state index in [1.807, 2.05) is 18.2 Å². The van der Waals surface area contributed by atoms with Crippen LogP contribution < -0.4 is 9.47 Å². The molecule has 0 saturated heterocycles. The molecule has 0 aliphatic rings. The van der Waals surface area contributed by atoms with Crippen LogP contribution in [0.25, 0.3) is 22.6 Å². The first kappa shape index (κ1) is 16.4. The molecule has 124 valence electrons. The highest BCUT2D eigenvalue weighted by molar-refractivity contribution is 6.33. The monoisotopic (exact) mass is 345 g/mol. The zero-order chi connectivity index (χ0) is 17.1. The van der Waals surface area contributed by atoms with E-state index >= 15 is 0 Å². The lowest BCUT2D eigenvalue weighted by Gasteiger charge is -2.09. The van der Waals surface area contributed by atoms with Gasteiger partial charge in [0.05, 0.1) is 37.0 Å². The second-order valence-electron chi connectivity index (χ2n) is 5.04. The molecule has 0 spiro atoms. The molecule has 0 unspecified atom stereocenters. The number of hydrogen-bond acceptors (Lipinski definition) is 5. The fraction of sp³-hybridized carbons (Fsp3) is 0.167. The van der Waals surface area contributed by atoms with E-state index in [1.165, 1.54) is 0 Å². The van der Waals surface area contributed by atoms with Crippen LogP contribution in [-0.4, -0.2) is 24.5 Å². The van der Waals surface area contributed by atoms with Gasteiger partial charge in [0.2, 0.25) is 0 Å². The molecule has 0 amide bonds. The molecule has 1 aromatic heterocycles. The van der Waals surface area contributed by atoms with Gasteiger partial charge < -0.3 is 19.1 Å². The lowest BCUT2D eigenvalue weighted by atomic mass is 10.0. The van der Waals surface area contributed by atoms with Crippen molar-refractivity contribution in [2.24, 2.45) is 0 Å². The minimum atomic E-state index is -0.241. The summed E-state index contributed by atoms with van der Waals surface area (Å²) in [6.45, 7) is -0.241. The van der Waals surface area contributed by atoms with Crippen molar-refractivity contribution >= 4 is 11.6 Å². The molecule has 0 bridgehead atoms. The van der Waals surface area contributed by atoms with Crippen molar-refractivity contribution in [3.63, 3.8) is 0 Å². The Balaban J connectivity index is 2.16. The van der Waals surface area contributed by atoms with Gasteiger partial charge in [-0.2, -0.15) is 0 Å². The number of hydrogen-bond donors (Lipinski definition) is 1. The molecule has 0 saturated carbocycles. The maximum atomic E-state index is 9.86. The Kier molecular flexibility index (Phi) is 4.74. The van der Waals surface area contributed by atoms with Gasteiger partial charge in [-0.3, -0.25) is 0 Å². The number of aromatic nitrogens is 1. The van der Waals surface area contributed by atoms with Gasteiger partial charge in [-0.25, -0.2) is 0 Å². The van der Waals surface area contributed by atoms with E-state index in [4.69, 9.17) is 25.6 Å². The first-order valence-electron chi connectivity index (χ1n) is 7.26. The standard InChI is InChI=1S/C18H16ClNO4/c1-22-11-7-8-13(16(9-11)23-2)18-14(10-21)17(20-24-18)12-5-3-4-6-15(12)19/h3-9,21H,10H2,1-2H3. The van der Waals surface area contributed by atoms with E-state index in [2.05, 4.69) is 5.16 Å². The van der Waals surface area contributed by atoms with Gasteiger partial charge in [-0.15, -0.1) is 0 Å². The highest BCUT2D eigenvalue weighted by Gasteiger charge is 2.22. The molecule has 0 fully saturated rings. The van der Waals surface area contributed by atoms with E-state index in [-0.39, 0.29) is 6.61 Å². The van der Waals surface area contributed by atoms with Gasteiger partial charge in [-0.05, 0) is 18.2 Å². The molecule has 1 N–H and O–H groups in total. The fourth-order valence-corrected chi connectivity index (χ4v) is 2.74. The summed E-state index contributed by atoms with van der Waals surface area (Å²) in [6, 6.07) is 12.6. The number of aliphatic hydroxyl groups is 1. The van der Waals surface area contributed by atoms with Crippen LogP contribution in [0.5, 0.6) is 11.5 Å². The lowest BCUT2D eigenvalue weighted by molar-refractivity contribution is 0.281. The Bertz CT molecular complexity index is 860. The van der Waals surface area contributed by atoms with Gasteiger partial charge in [-0.1, -0.05) is 35.0 Å². The molecule has 1 heterocycles. The van der Waals surface area contributed by atoms with E-state index in [9.17, 15) is 5.11 Å². The number of methoxy groups -OCH3 is 2. The number of halogens is 1. The van der Waals surface area contributed by atoms with E-state index < -0.39 is 0 Å². The van der Waals surface area contributed by atoms with Gasteiger partial charge >= 0.3 is 0 Å². The molecule has 3 aromatic rings. The summed E-state index contributed by atoms with van der Waals surface area (Å²) in [6.07, 6.45) is 0. The molecular formula is C18H16ClNO4. The van der Waals surface area contributed by atoms with Crippen molar-refractivity contribution < 1.29 is 19.1 Å². The van der Waals surface area contributed by atoms with Crippen LogP contribution in [0.15, 0.2) is 47.0 Å². The summed E-state index contributed by atoms with van der Waals surface area (Å²) in [7, 11) is 3.14. The number of benzene rings is 2. The van der Waals surface area contributed by atoms with Crippen LogP contribution in [0.4, 0.5) is 0 Å². The summed E-state index contributed by atoms with van der Waals surface area (Å²) in [5, 5.41) is 14.5. The first-order chi connectivity index (χ1) is 11.7. The normalized spacial score (nSPS) is 10.7. The van der Waals surface area contributed by atoms with Gasteiger partial charge in [0, 0.05) is 11.6 Å². The van der Waals surface area contributed by atoms with Crippen molar-refractivity contribution in [3.05, 3.63) is 53.1 Å². The molecule has 0 aliphatic carbocycles. The molecular weight excluding hydrogens is 330 g/mol. The Morgan fingerprint density at radius 1 is 1.08 bits per heavy atom. The fourth-order valence-electron chi connectivity index (χ4n) is 2.52. The maximum Gasteiger partial charge on any atom is 0.176 e. The van der Waals surface area contributed by atoms with Gasteiger partial charge in [0.1, 0.15) is 17.2 Å². The molecule has 24 heavy (non-hydrogen) atoms. The summed E-state index contributed by atoms with van der Waals surface area (Å²) < 4.78 is 16.1. The summed E-state index contributed by atoms with van der Waals surface area (Å²) >= 11 is 6.24. The number of aliphatic hydroxyl groups excluding tert-OH is 1. The SMILES string of the molecule is COc1ccc(-c2onc(-c3ccccc3Cl)c2CO)c(OC)c1. The van der Waals surface area contributed by atoms with Gasteiger partial charge in [0.25, 0.3) is 0 Å². The third kappa shape index (κ3) is 2.84. The average molecular weight is 346 g/mol. The van der Waals surface area contributed by atoms with Crippen LogP contribution in [0.2, 0.25) is 5.02 Å². The molecule has 0 atom stereocenters. The van der Waals surface area contributed by atoms with Gasteiger partial charge in [0.15, 0.2) is 5.76 Å². The Morgan fingerprint density at radius 2 is 1.88 bits per heavy atom. The summed E-state index contributed by atoms with van der Waals surface area (Å²) in [5.74, 6) is 1.66. The zero-order valence-corrected chi connectivity index (χ0v) is 14.0. The Hall–Kier alpha value is -2.50. The average Bonchev–Trinajstić information content (AvgIpc) is 3.05. The second kappa shape index (κ2) is 6.95. The Morgan fingerprint density at radius 3 is 2.54 bits per heavy atom. The summed E-state index contributed by atoms with van der Waals surface area (Å²) in [5.41, 5.74) is 2.43. The summed E-state index contributed by atoms with van der Waals surface area (Å²) in [4.78, 5) is 0. The van der Waals surface area contributed by atoms with E-state index in [1.54, 1.807) is 38.5 Å². The zero-order valence-electron chi connectivity index (χ0n) is 13.2. The maximum absolute atomic E-state index is 9.86. The highest BCUT2D eigenvalue weighted by Crippen LogP contribution is 2.40. The largest absolute Gasteiger partial charge is 0.497 e. The van der Waals surface area contributed by atoms with E-state index in [0.717, 1.165) is 0 Å². The molecule has 0 aliphatic heterocycles. The lowest BCUT2D eigenvalue weighted by Crippen LogP contribution is -1.93. The smallest absolute Gasteiger partial charge is 0.176 e. The van der Waals surface area contributed by atoms with Crippen molar-refractivity contribution in [2.75, 3.05) is 14.2 Å². The predicted octanol–water partition coefficient (Wildman–Crippen LogP) is 4.17. The van der Waals surface area contributed by atoms with Crippen LogP contribution in [0.1, 0.15) is 5.56 Å². The molecule has 0 radical (unpaired) electrons.